The van der Waals surface area contributed by atoms with Gasteiger partial charge in [-0.15, -0.1) is 0 Å². The van der Waals surface area contributed by atoms with Crippen LogP contribution in [0.1, 0.15) is 27.0 Å². The molecule has 2 N–H and O–H groups in total. The van der Waals surface area contributed by atoms with Crippen molar-refractivity contribution in [1.82, 2.24) is 5.32 Å². The molecule has 40 heavy (non-hydrogen) atoms. The highest BCUT2D eigenvalue weighted by molar-refractivity contribution is 7.99. The van der Waals surface area contributed by atoms with E-state index in [1.165, 1.54) is 23.9 Å². The molecule has 0 heterocycles. The molecule has 0 fully saturated rings. The summed E-state index contributed by atoms with van der Waals surface area (Å²) in [6, 6.07) is 19.4. The van der Waals surface area contributed by atoms with Crippen LogP contribution >= 0.6 is 35.0 Å². The lowest BCUT2D eigenvalue weighted by Gasteiger charge is -2.12. The van der Waals surface area contributed by atoms with Crippen molar-refractivity contribution < 1.29 is 27.5 Å². The molecular formula is C29H21Cl2F3N2O3S. The average molecular weight is 605 g/mol. The fourth-order valence-electron chi connectivity index (χ4n) is 3.75. The highest BCUT2D eigenvalue weighted by Gasteiger charge is 2.31. The number of halogens is 5. The predicted octanol–water partition coefficient (Wildman–Crippen LogP) is 9.53. The van der Waals surface area contributed by atoms with Gasteiger partial charge in [0.05, 0.1) is 15.6 Å². The number of urea groups is 1. The summed E-state index contributed by atoms with van der Waals surface area (Å²) < 4.78 is 44.4. The fraction of sp³-hybridized carbons (Fsp3) is 0.103. The third-order valence-electron chi connectivity index (χ3n) is 5.66. The maximum absolute atomic E-state index is 12.9. The molecule has 0 saturated heterocycles. The van der Waals surface area contributed by atoms with Crippen LogP contribution in [0, 0.1) is 13.8 Å². The van der Waals surface area contributed by atoms with Gasteiger partial charge in [0, 0.05) is 21.0 Å². The minimum absolute atomic E-state index is 0.00368. The maximum Gasteiger partial charge on any atom is 0.416 e. The first-order valence-corrected chi connectivity index (χ1v) is 13.3. The number of alkyl halides is 3. The molecule has 0 spiro atoms. The lowest BCUT2D eigenvalue weighted by molar-refractivity contribution is -0.137. The first-order chi connectivity index (χ1) is 18.9. The van der Waals surface area contributed by atoms with Gasteiger partial charge in [-0.1, -0.05) is 53.2 Å². The van der Waals surface area contributed by atoms with E-state index in [1.807, 2.05) is 6.07 Å². The van der Waals surface area contributed by atoms with Crippen molar-refractivity contribution in [1.29, 1.82) is 0 Å². The van der Waals surface area contributed by atoms with Gasteiger partial charge < -0.3 is 10.1 Å². The molecule has 4 rings (SSSR count). The number of hydrogen-bond acceptors (Lipinski definition) is 4. The van der Waals surface area contributed by atoms with Crippen molar-refractivity contribution >= 4 is 52.6 Å². The van der Waals surface area contributed by atoms with Gasteiger partial charge in [0.25, 0.3) is 5.91 Å². The van der Waals surface area contributed by atoms with Gasteiger partial charge >= 0.3 is 12.2 Å². The Morgan fingerprint density at radius 3 is 2.12 bits per heavy atom. The number of imide groups is 1. The molecule has 206 valence electrons. The summed E-state index contributed by atoms with van der Waals surface area (Å²) in [5.41, 5.74) is 1.49. The van der Waals surface area contributed by atoms with Crippen molar-refractivity contribution in [2.24, 2.45) is 0 Å². The van der Waals surface area contributed by atoms with E-state index < -0.39 is 23.7 Å². The van der Waals surface area contributed by atoms with Crippen LogP contribution in [0.2, 0.25) is 10.0 Å². The highest BCUT2D eigenvalue weighted by Crippen LogP contribution is 2.39. The monoisotopic (exact) mass is 604 g/mol. The molecule has 0 saturated carbocycles. The topological polar surface area (TPSA) is 67.4 Å². The maximum atomic E-state index is 12.9. The second-order valence-corrected chi connectivity index (χ2v) is 10.6. The normalized spacial score (nSPS) is 11.2. The molecule has 0 atom stereocenters. The summed E-state index contributed by atoms with van der Waals surface area (Å²) in [6.07, 6.45) is -4.46. The van der Waals surface area contributed by atoms with Crippen LogP contribution in [-0.4, -0.2) is 11.9 Å². The van der Waals surface area contributed by atoms with Crippen molar-refractivity contribution in [3.05, 3.63) is 111 Å². The van der Waals surface area contributed by atoms with Gasteiger partial charge in [-0.3, -0.25) is 10.1 Å². The quantitative estimate of drug-likeness (QED) is 0.230. The standard InChI is InChI=1S/C29H21Cl2F3N2O3S/c1-16-4-3-5-17(2)26(16)27(37)36-28(38)35-19-7-12-24(22(30)15-19)39-20-8-10-21(11-9-20)40-25-13-6-18(14-23(25)31)29(32,33)34/h3-15H,1-2H3,(H2,35,36,37,38). The number of amides is 3. The largest absolute Gasteiger partial charge is 0.456 e. The minimum atomic E-state index is -4.46. The Labute approximate surface area is 242 Å². The van der Waals surface area contributed by atoms with Crippen LogP contribution in [0.3, 0.4) is 0 Å². The van der Waals surface area contributed by atoms with Gasteiger partial charge in [0.15, 0.2) is 0 Å². The predicted molar refractivity (Wildman–Crippen MR) is 151 cm³/mol. The Morgan fingerprint density at radius 2 is 1.52 bits per heavy atom. The zero-order chi connectivity index (χ0) is 29.0. The number of hydrogen-bond donors (Lipinski definition) is 2. The molecule has 3 amide bonds. The fourth-order valence-corrected chi connectivity index (χ4v) is 5.09. The van der Waals surface area contributed by atoms with Crippen LogP contribution in [0.5, 0.6) is 11.5 Å². The molecule has 11 heteroatoms. The molecule has 4 aromatic carbocycles. The highest BCUT2D eigenvalue weighted by atomic mass is 35.5. The van der Waals surface area contributed by atoms with Crippen molar-refractivity contribution in [2.75, 3.05) is 5.32 Å². The van der Waals surface area contributed by atoms with E-state index in [4.69, 9.17) is 27.9 Å². The molecule has 0 aliphatic rings. The summed E-state index contributed by atoms with van der Waals surface area (Å²) in [4.78, 5) is 26.1. The molecule has 5 nitrogen and oxygen atoms in total. The summed E-state index contributed by atoms with van der Waals surface area (Å²) in [5, 5.41) is 5.11. The van der Waals surface area contributed by atoms with Crippen LogP contribution in [-0.2, 0) is 6.18 Å². The lowest BCUT2D eigenvalue weighted by Crippen LogP contribution is -2.35. The van der Waals surface area contributed by atoms with Crippen molar-refractivity contribution in [3.63, 3.8) is 0 Å². The summed E-state index contributed by atoms with van der Waals surface area (Å²) in [6.45, 7) is 3.58. The summed E-state index contributed by atoms with van der Waals surface area (Å²) in [7, 11) is 0. The molecule has 0 aliphatic carbocycles. The lowest BCUT2D eigenvalue weighted by atomic mass is 10.0. The van der Waals surface area contributed by atoms with Crippen molar-refractivity contribution in [2.45, 2.75) is 29.8 Å². The smallest absolute Gasteiger partial charge is 0.416 e. The Kier molecular flexibility index (Phi) is 8.98. The SMILES string of the molecule is Cc1cccc(C)c1C(=O)NC(=O)Nc1ccc(Oc2ccc(Sc3ccc(C(F)(F)F)cc3Cl)cc2)c(Cl)c1. The van der Waals surface area contributed by atoms with Crippen LogP contribution in [0.15, 0.2) is 88.7 Å². The number of benzene rings is 4. The first kappa shape index (κ1) is 29.3. The molecule has 0 unspecified atom stereocenters. The van der Waals surface area contributed by atoms with E-state index in [0.29, 0.717) is 27.6 Å². The van der Waals surface area contributed by atoms with Crippen LogP contribution in [0.25, 0.3) is 0 Å². The molecule has 0 radical (unpaired) electrons. The van der Waals surface area contributed by atoms with E-state index in [2.05, 4.69) is 10.6 Å². The molecule has 0 aliphatic heterocycles. The van der Waals surface area contributed by atoms with Gasteiger partial charge in [-0.25, -0.2) is 4.79 Å². The van der Waals surface area contributed by atoms with Gasteiger partial charge in [-0.2, -0.15) is 13.2 Å². The van der Waals surface area contributed by atoms with Gasteiger partial charge in [0.2, 0.25) is 0 Å². The third-order valence-corrected chi connectivity index (χ3v) is 7.47. The number of anilines is 1. The number of rotatable bonds is 6. The zero-order valence-corrected chi connectivity index (χ0v) is 23.4. The van der Waals surface area contributed by atoms with E-state index >= 15 is 0 Å². The molecule has 0 bridgehead atoms. The van der Waals surface area contributed by atoms with Gasteiger partial charge in [0.1, 0.15) is 11.5 Å². The number of nitrogens with one attached hydrogen (secondary N) is 2. The number of carbonyl (C=O) groups is 2. The number of carbonyl (C=O) groups excluding carboxylic acids is 2. The summed E-state index contributed by atoms with van der Waals surface area (Å²) >= 11 is 13.6. The minimum Gasteiger partial charge on any atom is -0.456 e. The molecule has 0 aromatic heterocycles. The number of aryl methyl sites for hydroxylation is 2. The van der Waals surface area contributed by atoms with Crippen LogP contribution < -0.4 is 15.4 Å². The second-order valence-electron chi connectivity index (χ2n) is 8.64. The Bertz CT molecular complexity index is 1560. The van der Waals surface area contributed by atoms with E-state index in [1.54, 1.807) is 62.4 Å². The molecule has 4 aromatic rings. The van der Waals surface area contributed by atoms with E-state index in [0.717, 1.165) is 28.2 Å². The number of ether oxygens (including phenoxy) is 1. The Hall–Kier alpha value is -3.66. The Morgan fingerprint density at radius 1 is 0.850 bits per heavy atom. The average Bonchev–Trinajstić information content (AvgIpc) is 2.87. The first-order valence-electron chi connectivity index (χ1n) is 11.7. The van der Waals surface area contributed by atoms with Crippen LogP contribution in [0.4, 0.5) is 23.7 Å². The zero-order valence-electron chi connectivity index (χ0n) is 21.0. The van der Waals surface area contributed by atoms with E-state index in [-0.39, 0.29) is 10.0 Å². The molecular weight excluding hydrogens is 584 g/mol. The second kappa shape index (κ2) is 12.2. The van der Waals surface area contributed by atoms with E-state index in [9.17, 15) is 22.8 Å². The Balaban J connectivity index is 1.36. The van der Waals surface area contributed by atoms with Gasteiger partial charge in [-0.05, 0) is 85.6 Å². The summed E-state index contributed by atoms with van der Waals surface area (Å²) in [5.74, 6) is 0.272. The van der Waals surface area contributed by atoms with Crippen molar-refractivity contribution in [3.8, 4) is 11.5 Å². The third kappa shape index (κ3) is 7.29.